The molecule has 5 atom stereocenters. The van der Waals surface area contributed by atoms with Crippen LogP contribution >= 0.6 is 0 Å². The fourth-order valence-electron chi connectivity index (χ4n) is 4.65. The van der Waals surface area contributed by atoms with Gasteiger partial charge in [0.05, 0.1) is 17.7 Å². The highest BCUT2D eigenvalue weighted by atomic mass is 19.4. The Kier molecular flexibility index (Phi) is 4.02. The number of nitrogens with zero attached hydrogens (tertiary/aromatic N) is 1. The Morgan fingerprint density at radius 2 is 1.96 bits per heavy atom. The predicted octanol–water partition coefficient (Wildman–Crippen LogP) is 1.81. The quantitative estimate of drug-likeness (QED) is 0.783. The molecule has 3 fully saturated rings. The molecule has 0 aromatic carbocycles. The molecule has 0 radical (unpaired) electrons. The fourth-order valence-corrected chi connectivity index (χ4v) is 4.65. The number of rotatable bonds is 2. The second-order valence-electron chi connectivity index (χ2n) is 8.35. The van der Waals surface area contributed by atoms with Crippen LogP contribution in [0.3, 0.4) is 0 Å². The van der Waals surface area contributed by atoms with E-state index in [0.717, 1.165) is 4.90 Å². The minimum atomic E-state index is -4.58. The van der Waals surface area contributed by atoms with Crippen molar-refractivity contribution in [3.05, 3.63) is 0 Å². The number of aliphatic hydroxyl groups excluding tert-OH is 1. The second-order valence-corrected chi connectivity index (χ2v) is 8.35. The number of alkyl carbamates (subject to hydrolysis) is 1. The smallest absolute Gasteiger partial charge is 0.408 e. The van der Waals surface area contributed by atoms with Gasteiger partial charge in [-0.15, -0.1) is 0 Å². The number of fused-ring (bicyclic) bond motifs is 1. The van der Waals surface area contributed by atoms with Crippen molar-refractivity contribution in [1.82, 2.24) is 10.2 Å². The number of carbonyl (C=O) groups excluding carboxylic acids is 2. The Bertz CT molecular complexity index is 589. The molecule has 3 rings (SSSR count). The lowest BCUT2D eigenvalue weighted by atomic mass is 9.61. The molecule has 9 heteroatoms. The topological polar surface area (TPSA) is 78.9 Å². The van der Waals surface area contributed by atoms with E-state index in [9.17, 15) is 27.9 Å². The zero-order valence-electron chi connectivity index (χ0n) is 14.4. The Hall–Kier alpha value is -1.51. The van der Waals surface area contributed by atoms with Crippen molar-refractivity contribution in [1.29, 1.82) is 0 Å². The van der Waals surface area contributed by atoms with Crippen LogP contribution in [-0.4, -0.2) is 58.0 Å². The molecule has 0 spiro atoms. The van der Waals surface area contributed by atoms with Crippen LogP contribution in [0, 0.1) is 11.8 Å². The number of aliphatic hydroxyl groups is 1. The molecule has 1 heterocycles. The molecule has 0 aromatic rings. The summed E-state index contributed by atoms with van der Waals surface area (Å²) in [6.07, 6.45) is -6.74. The Labute approximate surface area is 143 Å². The minimum absolute atomic E-state index is 0.0366. The lowest BCUT2D eigenvalue weighted by Crippen LogP contribution is -2.78. The molecule has 2 saturated carbocycles. The van der Waals surface area contributed by atoms with Crippen LogP contribution in [0.25, 0.3) is 0 Å². The van der Waals surface area contributed by atoms with Gasteiger partial charge in [-0.1, -0.05) is 0 Å². The highest BCUT2D eigenvalue weighted by Crippen LogP contribution is 2.58. The number of ether oxygens (including phenoxy) is 1. The van der Waals surface area contributed by atoms with Crippen LogP contribution < -0.4 is 5.32 Å². The summed E-state index contributed by atoms with van der Waals surface area (Å²) in [5.74, 6) is -1.30. The second kappa shape index (κ2) is 5.49. The molecular formula is C16H23F3N2O4. The molecule has 2 amide bonds. The molecule has 2 bridgehead atoms. The lowest BCUT2D eigenvalue weighted by molar-refractivity contribution is -0.182. The van der Waals surface area contributed by atoms with Crippen LogP contribution in [0.1, 0.15) is 40.0 Å². The summed E-state index contributed by atoms with van der Waals surface area (Å²) in [6.45, 7) is 5.34. The van der Waals surface area contributed by atoms with Crippen LogP contribution in [0.5, 0.6) is 0 Å². The van der Waals surface area contributed by atoms with Gasteiger partial charge in [-0.2, -0.15) is 13.2 Å². The van der Waals surface area contributed by atoms with Gasteiger partial charge in [0.2, 0.25) is 5.91 Å². The standard InChI is InChI=1S/C16H23F3N2O4/c1-14(2,3)25-13(24)20-15-5-8-4-9(15)11(12(15)23)21(7-8)10(22)6-16(17,18)19/h8-9,11-12,23H,4-7H2,1-3H3,(H,20,24)/t8?,9-,11?,12-,15?/m1/s1. The number of nitrogens with one attached hydrogen (secondary N) is 1. The number of alkyl halides is 3. The Morgan fingerprint density at radius 1 is 1.32 bits per heavy atom. The molecule has 2 aliphatic carbocycles. The maximum atomic E-state index is 12.5. The van der Waals surface area contributed by atoms with Crippen LogP contribution in [0.15, 0.2) is 0 Å². The molecule has 1 saturated heterocycles. The van der Waals surface area contributed by atoms with E-state index in [1.165, 1.54) is 0 Å². The summed E-state index contributed by atoms with van der Waals surface area (Å²) in [5, 5.41) is 13.3. The summed E-state index contributed by atoms with van der Waals surface area (Å²) < 4.78 is 42.8. The molecule has 3 unspecified atom stereocenters. The maximum absolute atomic E-state index is 12.5. The van der Waals surface area contributed by atoms with Crippen molar-refractivity contribution in [2.45, 2.75) is 69.5 Å². The zero-order chi connectivity index (χ0) is 18.8. The number of piperidine rings is 1. The predicted molar refractivity (Wildman–Crippen MR) is 80.5 cm³/mol. The summed E-state index contributed by atoms with van der Waals surface area (Å²) in [6, 6.07) is -0.677. The van der Waals surface area contributed by atoms with Crippen molar-refractivity contribution >= 4 is 12.0 Å². The average Bonchev–Trinajstić information content (AvgIpc) is 2.55. The van der Waals surface area contributed by atoms with Gasteiger partial charge in [-0.25, -0.2) is 4.79 Å². The van der Waals surface area contributed by atoms with Crippen LogP contribution in [-0.2, 0) is 9.53 Å². The van der Waals surface area contributed by atoms with Gasteiger partial charge in [0.25, 0.3) is 0 Å². The van der Waals surface area contributed by atoms with Crippen molar-refractivity contribution in [3.8, 4) is 0 Å². The van der Waals surface area contributed by atoms with Gasteiger partial charge in [0, 0.05) is 12.5 Å². The third-order valence-electron chi connectivity index (χ3n) is 5.36. The van der Waals surface area contributed by atoms with E-state index in [1.807, 2.05) is 0 Å². The number of likely N-dealkylation sites (tertiary alicyclic amines) is 1. The average molecular weight is 364 g/mol. The van der Waals surface area contributed by atoms with Gasteiger partial charge in [0.1, 0.15) is 12.0 Å². The number of halogens is 3. The lowest BCUT2D eigenvalue weighted by Gasteiger charge is -2.59. The van der Waals surface area contributed by atoms with E-state index in [1.54, 1.807) is 20.8 Å². The highest BCUT2D eigenvalue weighted by molar-refractivity contribution is 5.78. The molecule has 6 nitrogen and oxygen atoms in total. The molecule has 0 aromatic heterocycles. The van der Waals surface area contributed by atoms with Crippen LogP contribution in [0.4, 0.5) is 18.0 Å². The molecule has 3 aliphatic rings. The SMILES string of the molecule is CC(C)(C)OC(=O)NC12CC3C[C@@H]1C([C@H]2O)N(C(=O)CC(F)(F)F)C3. The molecule has 25 heavy (non-hydrogen) atoms. The fraction of sp³-hybridized carbons (Fsp3) is 0.875. The minimum Gasteiger partial charge on any atom is -0.444 e. The van der Waals surface area contributed by atoms with Crippen molar-refractivity contribution in [2.24, 2.45) is 11.8 Å². The Morgan fingerprint density at radius 3 is 2.52 bits per heavy atom. The van der Waals surface area contributed by atoms with Crippen LogP contribution in [0.2, 0.25) is 0 Å². The molecule has 1 aliphatic heterocycles. The molecular weight excluding hydrogens is 341 g/mol. The summed E-state index contributed by atoms with van der Waals surface area (Å²) in [7, 11) is 0. The number of carbonyl (C=O) groups is 2. The number of amides is 2. The first-order valence-corrected chi connectivity index (χ1v) is 8.38. The van der Waals surface area contributed by atoms with E-state index >= 15 is 0 Å². The highest BCUT2D eigenvalue weighted by Gasteiger charge is 2.71. The molecule has 2 N–H and O–H groups in total. The Balaban J connectivity index is 1.73. The maximum Gasteiger partial charge on any atom is 0.408 e. The van der Waals surface area contributed by atoms with E-state index in [4.69, 9.17) is 4.74 Å². The van der Waals surface area contributed by atoms with E-state index in [2.05, 4.69) is 5.32 Å². The van der Waals surface area contributed by atoms with Crippen molar-refractivity contribution in [2.75, 3.05) is 6.54 Å². The first kappa shape index (κ1) is 18.3. The first-order chi connectivity index (χ1) is 11.3. The van der Waals surface area contributed by atoms with Gasteiger partial charge < -0.3 is 20.1 Å². The number of hydrogen-bond acceptors (Lipinski definition) is 4. The third-order valence-corrected chi connectivity index (χ3v) is 5.36. The summed E-state index contributed by atoms with van der Waals surface area (Å²) in [5.41, 5.74) is -1.61. The van der Waals surface area contributed by atoms with Gasteiger partial charge in [0.15, 0.2) is 0 Å². The van der Waals surface area contributed by atoms with Gasteiger partial charge in [-0.3, -0.25) is 4.79 Å². The summed E-state index contributed by atoms with van der Waals surface area (Å²) in [4.78, 5) is 25.3. The summed E-state index contributed by atoms with van der Waals surface area (Å²) >= 11 is 0. The third kappa shape index (κ3) is 3.18. The van der Waals surface area contributed by atoms with Crippen molar-refractivity contribution < 1.29 is 32.6 Å². The van der Waals surface area contributed by atoms with Gasteiger partial charge in [-0.05, 0) is 39.5 Å². The first-order valence-electron chi connectivity index (χ1n) is 8.38. The van der Waals surface area contributed by atoms with Gasteiger partial charge >= 0.3 is 12.3 Å². The van der Waals surface area contributed by atoms with Crippen molar-refractivity contribution in [3.63, 3.8) is 0 Å². The van der Waals surface area contributed by atoms with E-state index < -0.39 is 47.9 Å². The largest absolute Gasteiger partial charge is 0.444 e. The zero-order valence-corrected chi connectivity index (χ0v) is 14.4. The number of hydrogen-bond donors (Lipinski definition) is 2. The van der Waals surface area contributed by atoms with E-state index in [0.29, 0.717) is 12.8 Å². The van der Waals surface area contributed by atoms with E-state index in [-0.39, 0.29) is 18.4 Å². The normalized spacial score (nSPS) is 36.7. The monoisotopic (exact) mass is 364 g/mol. The molecule has 142 valence electrons.